The van der Waals surface area contributed by atoms with Crippen LogP contribution in [0.4, 0.5) is 0 Å². The maximum Gasteiger partial charge on any atom is 0.0629 e. The van der Waals surface area contributed by atoms with Gasteiger partial charge in [-0.1, -0.05) is 35.1 Å². The first-order valence-corrected chi connectivity index (χ1v) is 4.55. The molecule has 1 aromatic heterocycles. The molecule has 0 spiro atoms. The molecule has 0 bridgehead atoms. The molecule has 0 atom stereocenters. The fraction of sp³-hybridized carbons (Fsp3) is 0.636. The van der Waals surface area contributed by atoms with Crippen molar-refractivity contribution in [2.45, 2.75) is 49.0 Å². The molecule has 0 N–H and O–H groups in total. The first-order chi connectivity index (χ1) is 5.80. The van der Waals surface area contributed by atoms with Crippen LogP contribution < -0.4 is 0 Å². The molecule has 0 saturated heterocycles. The molecule has 1 aromatic rings. The second-order valence-corrected chi connectivity index (χ2v) is 1.80. The molecule has 0 fully saturated rings. The highest BCUT2D eigenvalue weighted by atomic mass is 15.1. The van der Waals surface area contributed by atoms with E-state index in [2.05, 4.69) is 10.2 Å². The van der Waals surface area contributed by atoms with Crippen LogP contribution in [-0.4, -0.2) is 10.2 Å². The van der Waals surface area contributed by atoms with E-state index in [0.717, 1.165) is 5.69 Å². The molecule has 0 saturated carbocycles. The number of aryl methyl sites for hydroxylation is 2. The minimum Gasteiger partial charge on any atom is -0.159 e. The van der Waals surface area contributed by atoms with E-state index in [1.165, 1.54) is 5.56 Å². The predicted octanol–water partition coefficient (Wildman–Crippen LogP) is 3.78. The lowest BCUT2D eigenvalue weighted by Crippen LogP contribution is -1.86. The lowest BCUT2D eigenvalue weighted by molar-refractivity contribution is 0.961. The average molecular weight is 184 g/mol. The Bertz CT molecular complexity index is 164. The molecule has 0 aliphatic heterocycles. The van der Waals surface area contributed by atoms with Crippen molar-refractivity contribution in [2.75, 3.05) is 0 Å². The van der Waals surface area contributed by atoms with Crippen LogP contribution in [-0.2, 0) is 0 Å². The van der Waals surface area contributed by atoms with Gasteiger partial charge in [-0.15, -0.1) is 0 Å². The van der Waals surface area contributed by atoms with Crippen LogP contribution in [0, 0.1) is 13.8 Å². The number of rotatable bonds is 0. The molecule has 0 amide bonds. The standard InChI is InChI=1S/C6H8N2.2C2H6.CH4/c1-5-3-4-7-8-6(5)2;2*1-2;/h3-4H,1-2H3;2*1-2H3;1H4. The van der Waals surface area contributed by atoms with Crippen molar-refractivity contribution in [1.29, 1.82) is 0 Å². The van der Waals surface area contributed by atoms with Crippen LogP contribution in [0.15, 0.2) is 12.3 Å². The van der Waals surface area contributed by atoms with E-state index < -0.39 is 0 Å². The summed E-state index contributed by atoms with van der Waals surface area (Å²) in [6.45, 7) is 12.0. The second-order valence-electron chi connectivity index (χ2n) is 1.80. The summed E-state index contributed by atoms with van der Waals surface area (Å²) in [4.78, 5) is 0. The zero-order chi connectivity index (χ0) is 9.98. The summed E-state index contributed by atoms with van der Waals surface area (Å²) in [6, 6.07) is 1.95. The SMILES string of the molecule is C.CC.CC.Cc1ccnnc1C. The van der Waals surface area contributed by atoms with Crippen LogP contribution in [0.25, 0.3) is 0 Å². The quantitative estimate of drug-likeness (QED) is 0.613. The molecule has 2 nitrogen and oxygen atoms in total. The zero-order valence-corrected chi connectivity index (χ0v) is 9.05. The molecule has 0 radical (unpaired) electrons. The Kier molecular flexibility index (Phi) is 18.9. The van der Waals surface area contributed by atoms with Gasteiger partial charge in [0.15, 0.2) is 0 Å². The number of hydrogen-bond acceptors (Lipinski definition) is 2. The summed E-state index contributed by atoms with van der Waals surface area (Å²) >= 11 is 0. The van der Waals surface area contributed by atoms with Crippen molar-refractivity contribution in [1.82, 2.24) is 10.2 Å². The molecule has 0 aliphatic rings. The fourth-order valence-electron chi connectivity index (χ4n) is 0.465. The van der Waals surface area contributed by atoms with Gasteiger partial charge in [0, 0.05) is 6.20 Å². The van der Waals surface area contributed by atoms with E-state index in [0.29, 0.717) is 0 Å². The number of hydrogen-bond donors (Lipinski definition) is 0. The van der Waals surface area contributed by atoms with Crippen molar-refractivity contribution < 1.29 is 0 Å². The van der Waals surface area contributed by atoms with E-state index in [-0.39, 0.29) is 7.43 Å². The Morgan fingerprint density at radius 2 is 1.46 bits per heavy atom. The van der Waals surface area contributed by atoms with E-state index in [4.69, 9.17) is 0 Å². The van der Waals surface area contributed by atoms with Gasteiger partial charge in [0.25, 0.3) is 0 Å². The highest BCUT2D eigenvalue weighted by Crippen LogP contribution is 1.96. The van der Waals surface area contributed by atoms with Crippen molar-refractivity contribution >= 4 is 0 Å². The second kappa shape index (κ2) is 13.7. The first-order valence-electron chi connectivity index (χ1n) is 4.55. The van der Waals surface area contributed by atoms with Gasteiger partial charge in [-0.05, 0) is 25.5 Å². The van der Waals surface area contributed by atoms with Crippen molar-refractivity contribution in [2.24, 2.45) is 0 Å². The minimum atomic E-state index is 0. The maximum absolute atomic E-state index is 3.83. The summed E-state index contributed by atoms with van der Waals surface area (Å²) in [7, 11) is 0. The predicted molar refractivity (Wildman–Crippen MR) is 60.9 cm³/mol. The van der Waals surface area contributed by atoms with E-state index in [9.17, 15) is 0 Å². The molecule has 1 heterocycles. The summed E-state index contributed by atoms with van der Waals surface area (Å²) in [5.74, 6) is 0. The average Bonchev–Trinajstić information content (AvgIpc) is 2.17. The van der Waals surface area contributed by atoms with Crippen LogP contribution in [0.3, 0.4) is 0 Å². The highest BCUT2D eigenvalue weighted by Gasteiger charge is 1.86. The van der Waals surface area contributed by atoms with Crippen LogP contribution >= 0.6 is 0 Å². The lowest BCUT2D eigenvalue weighted by Gasteiger charge is -1.91. The van der Waals surface area contributed by atoms with Gasteiger partial charge in [-0.25, -0.2) is 0 Å². The van der Waals surface area contributed by atoms with Gasteiger partial charge in [0.1, 0.15) is 0 Å². The molecule has 1 rings (SSSR count). The van der Waals surface area contributed by atoms with E-state index >= 15 is 0 Å². The van der Waals surface area contributed by atoms with Gasteiger partial charge in [0.2, 0.25) is 0 Å². The van der Waals surface area contributed by atoms with Gasteiger partial charge in [0.05, 0.1) is 5.69 Å². The van der Waals surface area contributed by atoms with Gasteiger partial charge in [-0.2, -0.15) is 10.2 Å². The van der Waals surface area contributed by atoms with Crippen molar-refractivity contribution in [3.05, 3.63) is 23.5 Å². The Balaban J connectivity index is -0.000000178. The molecule has 0 unspecified atom stereocenters. The largest absolute Gasteiger partial charge is 0.159 e. The number of aromatic nitrogens is 2. The van der Waals surface area contributed by atoms with E-state index in [1.807, 2.05) is 47.6 Å². The van der Waals surface area contributed by atoms with Crippen LogP contribution in [0.5, 0.6) is 0 Å². The fourth-order valence-corrected chi connectivity index (χ4v) is 0.465. The topological polar surface area (TPSA) is 25.8 Å². The monoisotopic (exact) mass is 184 g/mol. The third kappa shape index (κ3) is 8.99. The van der Waals surface area contributed by atoms with Crippen molar-refractivity contribution in [3.63, 3.8) is 0 Å². The molecule has 78 valence electrons. The van der Waals surface area contributed by atoms with Crippen LogP contribution in [0.1, 0.15) is 46.4 Å². The first kappa shape index (κ1) is 18.0. The Morgan fingerprint density at radius 3 is 1.69 bits per heavy atom. The van der Waals surface area contributed by atoms with Crippen molar-refractivity contribution in [3.8, 4) is 0 Å². The third-order valence-electron chi connectivity index (χ3n) is 1.17. The lowest BCUT2D eigenvalue weighted by atomic mass is 10.3. The van der Waals surface area contributed by atoms with Gasteiger partial charge < -0.3 is 0 Å². The molecule has 13 heavy (non-hydrogen) atoms. The summed E-state index contributed by atoms with van der Waals surface area (Å²) in [5.41, 5.74) is 2.20. The molecular formula is C11H24N2. The maximum atomic E-state index is 3.83. The third-order valence-corrected chi connectivity index (χ3v) is 1.17. The zero-order valence-electron chi connectivity index (χ0n) is 9.05. The Hall–Kier alpha value is -0.920. The molecule has 0 aliphatic carbocycles. The van der Waals surface area contributed by atoms with Crippen LogP contribution in [0.2, 0.25) is 0 Å². The highest BCUT2D eigenvalue weighted by molar-refractivity contribution is 5.12. The molecular weight excluding hydrogens is 160 g/mol. The minimum absolute atomic E-state index is 0. The summed E-state index contributed by atoms with van der Waals surface area (Å²) in [6.07, 6.45) is 1.70. The Labute approximate surface area is 83.4 Å². The normalized spacial score (nSPS) is 6.62. The Morgan fingerprint density at radius 1 is 1.00 bits per heavy atom. The smallest absolute Gasteiger partial charge is 0.0629 e. The van der Waals surface area contributed by atoms with Gasteiger partial charge >= 0.3 is 0 Å². The molecule has 0 aromatic carbocycles. The summed E-state index contributed by atoms with van der Waals surface area (Å²) < 4.78 is 0. The number of nitrogens with zero attached hydrogens (tertiary/aromatic N) is 2. The van der Waals surface area contributed by atoms with Gasteiger partial charge in [-0.3, -0.25) is 0 Å². The summed E-state index contributed by atoms with van der Waals surface area (Å²) in [5, 5.41) is 7.52. The molecule has 2 heteroatoms. The van der Waals surface area contributed by atoms with E-state index in [1.54, 1.807) is 6.20 Å².